The number of methoxy groups -OCH3 is 1. The predicted octanol–water partition coefficient (Wildman–Crippen LogP) is 5.41. The van der Waals surface area contributed by atoms with Gasteiger partial charge in [0.1, 0.15) is 17.3 Å². The van der Waals surface area contributed by atoms with Crippen molar-refractivity contribution in [3.63, 3.8) is 0 Å². The van der Waals surface area contributed by atoms with Gasteiger partial charge in [-0.1, -0.05) is 23.7 Å². The summed E-state index contributed by atoms with van der Waals surface area (Å²) in [5, 5.41) is -0.389. The number of aromatic amines is 1. The first kappa shape index (κ1) is 25.2. The zero-order chi connectivity index (χ0) is 25.7. The first-order valence-electron chi connectivity index (χ1n) is 10.8. The van der Waals surface area contributed by atoms with Crippen molar-refractivity contribution < 1.29 is 22.6 Å². The van der Waals surface area contributed by atoms with Gasteiger partial charge in [-0.2, -0.15) is 13.2 Å². The van der Waals surface area contributed by atoms with Gasteiger partial charge in [-0.3, -0.25) is 4.79 Å². The third-order valence-electron chi connectivity index (χ3n) is 5.24. The molecule has 0 spiro atoms. The third-order valence-corrected chi connectivity index (χ3v) is 5.57. The normalized spacial score (nSPS) is 11.4. The molecule has 2 aromatic heterocycles. The van der Waals surface area contributed by atoms with E-state index in [9.17, 15) is 18.0 Å². The molecule has 0 aliphatic carbocycles. The fraction of sp³-hybridized carbons (Fsp3) is 0.200. The maximum Gasteiger partial charge on any atom is 0.417 e. The molecule has 0 unspecified atom stereocenters. The highest BCUT2D eigenvalue weighted by Crippen LogP contribution is 2.37. The van der Waals surface area contributed by atoms with Crippen molar-refractivity contribution in [3.8, 4) is 17.5 Å². The summed E-state index contributed by atoms with van der Waals surface area (Å²) in [6.45, 7) is 0. The van der Waals surface area contributed by atoms with Gasteiger partial charge >= 0.3 is 12.2 Å². The molecule has 2 heterocycles. The Kier molecular flexibility index (Phi) is 7.54. The molecule has 0 atom stereocenters. The van der Waals surface area contributed by atoms with Crippen LogP contribution in [0.4, 0.5) is 13.2 Å². The van der Waals surface area contributed by atoms with Crippen LogP contribution in [-0.4, -0.2) is 27.0 Å². The minimum absolute atomic E-state index is 0.0301. The van der Waals surface area contributed by atoms with E-state index in [0.717, 1.165) is 23.3 Å². The SMILES string of the molecule is COc1ncc(Cc2cnc(CCc3ccc(Oc4ccc(Cl)c(C(F)(F)F)c4)cc3)[nH]c2=O)cn1. The van der Waals surface area contributed by atoms with Crippen molar-refractivity contribution in [2.75, 3.05) is 7.11 Å². The Hall–Kier alpha value is -3.92. The van der Waals surface area contributed by atoms with Crippen molar-refractivity contribution in [1.82, 2.24) is 19.9 Å². The Morgan fingerprint density at radius 1 is 0.917 bits per heavy atom. The number of aromatic nitrogens is 4. The molecule has 4 aromatic rings. The second-order valence-electron chi connectivity index (χ2n) is 7.82. The summed E-state index contributed by atoms with van der Waals surface area (Å²) in [7, 11) is 1.47. The van der Waals surface area contributed by atoms with Gasteiger partial charge in [-0.05, 0) is 47.9 Å². The predicted molar refractivity (Wildman–Crippen MR) is 127 cm³/mol. The van der Waals surface area contributed by atoms with Crippen LogP contribution in [0.1, 0.15) is 28.1 Å². The second-order valence-corrected chi connectivity index (χ2v) is 8.23. The van der Waals surface area contributed by atoms with E-state index < -0.39 is 11.7 Å². The lowest BCUT2D eigenvalue weighted by atomic mass is 10.1. The Labute approximate surface area is 208 Å². The summed E-state index contributed by atoms with van der Waals surface area (Å²) in [5.41, 5.74) is 0.997. The van der Waals surface area contributed by atoms with E-state index in [0.29, 0.717) is 36.4 Å². The molecule has 2 aromatic carbocycles. The van der Waals surface area contributed by atoms with E-state index in [1.165, 1.54) is 19.4 Å². The molecule has 36 heavy (non-hydrogen) atoms. The van der Waals surface area contributed by atoms with Crippen LogP contribution in [0.15, 0.2) is 65.8 Å². The molecule has 0 amide bonds. The Morgan fingerprint density at radius 3 is 2.25 bits per heavy atom. The van der Waals surface area contributed by atoms with E-state index in [4.69, 9.17) is 21.1 Å². The van der Waals surface area contributed by atoms with E-state index in [2.05, 4.69) is 19.9 Å². The fourth-order valence-electron chi connectivity index (χ4n) is 3.38. The molecule has 7 nitrogen and oxygen atoms in total. The van der Waals surface area contributed by atoms with E-state index >= 15 is 0 Å². The van der Waals surface area contributed by atoms with E-state index in [1.54, 1.807) is 36.7 Å². The first-order valence-corrected chi connectivity index (χ1v) is 11.1. The zero-order valence-electron chi connectivity index (χ0n) is 19.0. The molecule has 0 radical (unpaired) electrons. The van der Waals surface area contributed by atoms with Crippen LogP contribution in [0.2, 0.25) is 5.02 Å². The van der Waals surface area contributed by atoms with Crippen LogP contribution in [0.5, 0.6) is 17.5 Å². The molecular formula is C25H20ClF3N4O3. The largest absolute Gasteiger partial charge is 0.467 e. The summed E-state index contributed by atoms with van der Waals surface area (Å²) < 4.78 is 49.6. The van der Waals surface area contributed by atoms with Crippen LogP contribution in [0.25, 0.3) is 0 Å². The average molecular weight is 517 g/mol. The summed E-state index contributed by atoms with van der Waals surface area (Å²) in [6.07, 6.45) is 1.57. The van der Waals surface area contributed by atoms with Crippen LogP contribution >= 0.6 is 11.6 Å². The topological polar surface area (TPSA) is 90.0 Å². The standard InChI is InChI=1S/C25H20ClF3N4O3/c1-35-24-31-12-16(13-32-24)10-17-14-30-22(33-23(17)34)9-4-15-2-5-18(6-3-15)36-19-7-8-21(26)20(11-19)25(27,28)29/h2-3,5-8,11-14H,4,9-10H2,1H3,(H,30,33,34). The van der Waals surface area contributed by atoms with Crippen molar-refractivity contribution in [2.45, 2.75) is 25.4 Å². The lowest BCUT2D eigenvalue weighted by Gasteiger charge is -2.12. The van der Waals surface area contributed by atoms with Crippen molar-refractivity contribution in [1.29, 1.82) is 0 Å². The highest BCUT2D eigenvalue weighted by molar-refractivity contribution is 6.31. The molecule has 0 saturated heterocycles. The summed E-state index contributed by atoms with van der Waals surface area (Å²) in [5.74, 6) is 0.950. The molecule has 4 rings (SSSR count). The molecular weight excluding hydrogens is 497 g/mol. The molecule has 0 aliphatic heterocycles. The Balaban J connectivity index is 1.35. The quantitative estimate of drug-likeness (QED) is 0.337. The highest BCUT2D eigenvalue weighted by atomic mass is 35.5. The highest BCUT2D eigenvalue weighted by Gasteiger charge is 2.33. The number of H-pyrrole nitrogens is 1. The maximum absolute atomic E-state index is 13.0. The number of nitrogens with zero attached hydrogens (tertiary/aromatic N) is 3. The molecule has 186 valence electrons. The summed E-state index contributed by atoms with van der Waals surface area (Å²) in [4.78, 5) is 27.6. The van der Waals surface area contributed by atoms with E-state index in [-0.39, 0.29) is 22.3 Å². The monoisotopic (exact) mass is 516 g/mol. The fourth-order valence-corrected chi connectivity index (χ4v) is 3.60. The number of benzene rings is 2. The lowest BCUT2D eigenvalue weighted by molar-refractivity contribution is -0.137. The third kappa shape index (κ3) is 6.39. The van der Waals surface area contributed by atoms with E-state index in [1.807, 2.05) is 0 Å². The molecule has 0 bridgehead atoms. The Morgan fingerprint density at radius 2 is 1.61 bits per heavy atom. The van der Waals surface area contributed by atoms with Gasteiger partial charge in [-0.25, -0.2) is 15.0 Å². The number of ether oxygens (including phenoxy) is 2. The van der Waals surface area contributed by atoms with Crippen LogP contribution < -0.4 is 15.0 Å². The number of rotatable bonds is 8. The maximum atomic E-state index is 13.0. The number of aryl methyl sites for hydroxylation is 2. The van der Waals surface area contributed by atoms with Gasteiger partial charge in [0.25, 0.3) is 5.56 Å². The molecule has 0 fully saturated rings. The Bertz CT molecular complexity index is 1390. The van der Waals surface area contributed by atoms with Gasteiger partial charge < -0.3 is 14.5 Å². The number of hydrogen-bond acceptors (Lipinski definition) is 6. The molecule has 11 heteroatoms. The summed E-state index contributed by atoms with van der Waals surface area (Å²) in [6, 6.07) is 10.6. The molecule has 0 aliphatic rings. The number of hydrogen-bond donors (Lipinski definition) is 1. The zero-order valence-corrected chi connectivity index (χ0v) is 19.7. The number of nitrogens with one attached hydrogen (secondary N) is 1. The van der Waals surface area contributed by atoms with Crippen molar-refractivity contribution >= 4 is 11.6 Å². The second kappa shape index (κ2) is 10.8. The number of alkyl halides is 3. The van der Waals surface area contributed by atoms with Crippen molar-refractivity contribution in [2.24, 2.45) is 0 Å². The molecule has 0 saturated carbocycles. The van der Waals surface area contributed by atoms with Crippen LogP contribution in [0.3, 0.4) is 0 Å². The first-order chi connectivity index (χ1) is 17.2. The van der Waals surface area contributed by atoms with Crippen LogP contribution in [0, 0.1) is 0 Å². The van der Waals surface area contributed by atoms with Gasteiger partial charge in [0, 0.05) is 37.0 Å². The van der Waals surface area contributed by atoms with Crippen LogP contribution in [-0.2, 0) is 25.4 Å². The van der Waals surface area contributed by atoms with Gasteiger partial charge in [0.05, 0.1) is 17.7 Å². The van der Waals surface area contributed by atoms with Gasteiger partial charge in [0.15, 0.2) is 0 Å². The smallest absolute Gasteiger partial charge is 0.417 e. The van der Waals surface area contributed by atoms with Gasteiger partial charge in [-0.15, -0.1) is 0 Å². The number of halogens is 4. The van der Waals surface area contributed by atoms with Gasteiger partial charge in [0.2, 0.25) is 0 Å². The lowest BCUT2D eigenvalue weighted by Crippen LogP contribution is -2.17. The average Bonchev–Trinajstić information content (AvgIpc) is 2.86. The summed E-state index contributed by atoms with van der Waals surface area (Å²) >= 11 is 5.64. The minimum atomic E-state index is -4.57. The minimum Gasteiger partial charge on any atom is -0.467 e. The molecule has 1 N–H and O–H groups in total. The van der Waals surface area contributed by atoms with Crippen molar-refractivity contribution in [3.05, 3.63) is 105 Å².